The summed E-state index contributed by atoms with van der Waals surface area (Å²) in [4.78, 5) is 0. The smallest absolute Gasteiger partial charge is 0.0169 e. The lowest BCUT2D eigenvalue weighted by atomic mass is 10.1. The molecule has 0 radical (unpaired) electrons. The average Bonchev–Trinajstić information content (AvgIpc) is 2.31. The Labute approximate surface area is 102 Å². The molecule has 0 heteroatoms. The second-order valence-corrected chi connectivity index (χ2v) is 4.26. The van der Waals surface area contributed by atoms with Crippen molar-refractivity contribution in [3.8, 4) is 0 Å². The molecule has 92 valence electrons. The van der Waals surface area contributed by atoms with Crippen LogP contribution in [0.25, 0.3) is 0 Å². The van der Waals surface area contributed by atoms with Gasteiger partial charge in [-0.25, -0.2) is 0 Å². The Morgan fingerprint density at radius 3 is 2.12 bits per heavy atom. The first kappa shape index (κ1) is 15.2. The molecule has 0 rings (SSSR count). The maximum absolute atomic E-state index is 3.68. The molecular formula is C16H28. The van der Waals surface area contributed by atoms with Crippen molar-refractivity contribution in [1.29, 1.82) is 0 Å². The Morgan fingerprint density at radius 2 is 1.38 bits per heavy atom. The summed E-state index contributed by atoms with van der Waals surface area (Å²) in [5.41, 5.74) is 0. The maximum Gasteiger partial charge on any atom is -0.0169 e. The predicted octanol–water partition coefficient (Wildman–Crippen LogP) is 5.82. The molecule has 0 aromatic carbocycles. The van der Waals surface area contributed by atoms with Gasteiger partial charge in [-0.05, 0) is 25.7 Å². The van der Waals surface area contributed by atoms with Crippen molar-refractivity contribution in [2.24, 2.45) is 0 Å². The second-order valence-electron chi connectivity index (χ2n) is 4.26. The number of unbranched alkanes of at least 4 members (excludes halogenated alkanes) is 6. The van der Waals surface area contributed by atoms with Crippen LogP contribution in [0, 0.1) is 0 Å². The Bertz CT molecular complexity index is 186. The first-order chi connectivity index (χ1) is 7.91. The molecule has 0 bridgehead atoms. The molecule has 0 amide bonds. The molecule has 0 fully saturated rings. The highest BCUT2D eigenvalue weighted by molar-refractivity contribution is 4.95. The summed E-state index contributed by atoms with van der Waals surface area (Å²) >= 11 is 0. The molecule has 0 aliphatic heterocycles. The van der Waals surface area contributed by atoms with Crippen molar-refractivity contribution in [1.82, 2.24) is 0 Å². The predicted molar refractivity (Wildman–Crippen MR) is 75.7 cm³/mol. The normalized spacial score (nSPS) is 11.6. The van der Waals surface area contributed by atoms with Crippen LogP contribution < -0.4 is 0 Å². The summed E-state index contributed by atoms with van der Waals surface area (Å²) in [6, 6.07) is 0. The third-order valence-electron chi connectivity index (χ3n) is 2.63. The van der Waals surface area contributed by atoms with E-state index in [1.165, 1.54) is 44.9 Å². The molecule has 0 aliphatic rings. The fourth-order valence-corrected chi connectivity index (χ4v) is 1.62. The van der Waals surface area contributed by atoms with Crippen LogP contribution in [0.15, 0.2) is 37.0 Å². The largest absolute Gasteiger partial charge is 0.103 e. The van der Waals surface area contributed by atoms with E-state index in [0.717, 1.165) is 12.8 Å². The van der Waals surface area contributed by atoms with Gasteiger partial charge in [0.15, 0.2) is 0 Å². The van der Waals surface area contributed by atoms with E-state index < -0.39 is 0 Å². The van der Waals surface area contributed by atoms with Gasteiger partial charge in [0.25, 0.3) is 0 Å². The number of rotatable bonds is 11. The van der Waals surface area contributed by atoms with Gasteiger partial charge < -0.3 is 0 Å². The zero-order valence-electron chi connectivity index (χ0n) is 11.0. The highest BCUT2D eigenvalue weighted by Crippen LogP contribution is 2.07. The first-order valence-electron chi connectivity index (χ1n) is 6.82. The molecule has 0 spiro atoms. The third-order valence-corrected chi connectivity index (χ3v) is 2.63. The fraction of sp³-hybridized carbons (Fsp3) is 0.625. The highest BCUT2D eigenvalue weighted by atomic mass is 13.9. The number of hydrogen-bond acceptors (Lipinski definition) is 0. The molecule has 0 aromatic rings. The fourth-order valence-electron chi connectivity index (χ4n) is 1.62. The van der Waals surface area contributed by atoms with Crippen molar-refractivity contribution in [3.05, 3.63) is 37.0 Å². The van der Waals surface area contributed by atoms with Crippen LogP contribution in [0.1, 0.15) is 64.7 Å². The van der Waals surface area contributed by atoms with Gasteiger partial charge in [-0.1, -0.05) is 69.4 Å². The highest BCUT2D eigenvalue weighted by Gasteiger charge is 1.87. The lowest BCUT2D eigenvalue weighted by Gasteiger charge is -1.97. The minimum atomic E-state index is 0.991. The topological polar surface area (TPSA) is 0 Å². The molecule has 0 aliphatic carbocycles. The molecule has 0 atom stereocenters. The lowest BCUT2D eigenvalue weighted by molar-refractivity contribution is 0.611. The van der Waals surface area contributed by atoms with Gasteiger partial charge in [0.1, 0.15) is 0 Å². The maximum atomic E-state index is 3.68. The molecule has 0 nitrogen and oxygen atoms in total. The molecule has 0 saturated heterocycles. The molecule has 0 N–H and O–H groups in total. The van der Waals surface area contributed by atoms with Crippen molar-refractivity contribution >= 4 is 0 Å². The number of allylic oxidation sites excluding steroid dienone is 5. The van der Waals surface area contributed by atoms with Crippen molar-refractivity contribution in [3.63, 3.8) is 0 Å². The standard InChI is InChI=1S/C16H28/c1-3-5-7-9-11-13-15-16-14-12-10-8-6-4-2/h3,7,9,13,15H,1,4-6,8,10-12,14,16H2,2H3/b9-7+,15-13+. The Kier molecular flexibility index (Phi) is 13.5. The monoisotopic (exact) mass is 220 g/mol. The van der Waals surface area contributed by atoms with Gasteiger partial charge in [0, 0.05) is 0 Å². The van der Waals surface area contributed by atoms with Crippen molar-refractivity contribution in [2.75, 3.05) is 0 Å². The van der Waals surface area contributed by atoms with E-state index >= 15 is 0 Å². The van der Waals surface area contributed by atoms with E-state index in [9.17, 15) is 0 Å². The molecule has 16 heavy (non-hydrogen) atoms. The van der Waals surface area contributed by atoms with E-state index in [2.05, 4.69) is 37.8 Å². The molecule has 0 unspecified atom stereocenters. The Hall–Kier alpha value is -0.780. The van der Waals surface area contributed by atoms with Gasteiger partial charge in [0.05, 0.1) is 0 Å². The van der Waals surface area contributed by atoms with Crippen LogP contribution in [-0.4, -0.2) is 0 Å². The van der Waals surface area contributed by atoms with Gasteiger partial charge in [-0.15, -0.1) is 6.58 Å². The van der Waals surface area contributed by atoms with Gasteiger partial charge in [0.2, 0.25) is 0 Å². The van der Waals surface area contributed by atoms with Crippen molar-refractivity contribution < 1.29 is 0 Å². The van der Waals surface area contributed by atoms with Crippen LogP contribution >= 0.6 is 0 Å². The SMILES string of the molecule is C=CC/C=C/C/C=C/CCCCCCCC. The van der Waals surface area contributed by atoms with E-state index in [-0.39, 0.29) is 0 Å². The summed E-state index contributed by atoms with van der Waals surface area (Å²) in [6.45, 7) is 5.95. The van der Waals surface area contributed by atoms with Gasteiger partial charge >= 0.3 is 0 Å². The van der Waals surface area contributed by atoms with E-state index in [4.69, 9.17) is 0 Å². The summed E-state index contributed by atoms with van der Waals surface area (Å²) < 4.78 is 0. The Morgan fingerprint density at radius 1 is 0.750 bits per heavy atom. The molecule has 0 heterocycles. The summed E-state index contributed by atoms with van der Waals surface area (Å²) in [6.07, 6.45) is 22.6. The van der Waals surface area contributed by atoms with Gasteiger partial charge in [-0.2, -0.15) is 0 Å². The zero-order valence-corrected chi connectivity index (χ0v) is 11.0. The summed E-state index contributed by atoms with van der Waals surface area (Å²) in [5, 5.41) is 0. The van der Waals surface area contributed by atoms with Crippen LogP contribution in [0.5, 0.6) is 0 Å². The molecular weight excluding hydrogens is 192 g/mol. The third kappa shape index (κ3) is 13.2. The lowest BCUT2D eigenvalue weighted by Crippen LogP contribution is -1.77. The van der Waals surface area contributed by atoms with Crippen molar-refractivity contribution in [2.45, 2.75) is 64.7 Å². The van der Waals surface area contributed by atoms with E-state index in [1.807, 2.05) is 6.08 Å². The summed E-state index contributed by atoms with van der Waals surface area (Å²) in [5.74, 6) is 0. The number of hydrogen-bond donors (Lipinski definition) is 0. The van der Waals surface area contributed by atoms with E-state index in [0.29, 0.717) is 0 Å². The van der Waals surface area contributed by atoms with Crippen LogP contribution in [-0.2, 0) is 0 Å². The van der Waals surface area contributed by atoms with Crippen LogP contribution in [0.2, 0.25) is 0 Å². The quantitative estimate of drug-likeness (QED) is 0.304. The first-order valence-corrected chi connectivity index (χ1v) is 6.82. The molecule has 0 saturated carbocycles. The van der Waals surface area contributed by atoms with Crippen LogP contribution in [0.3, 0.4) is 0 Å². The minimum absolute atomic E-state index is 0.991. The van der Waals surface area contributed by atoms with E-state index in [1.54, 1.807) is 0 Å². The minimum Gasteiger partial charge on any atom is -0.103 e. The Balaban J connectivity index is 3.12. The molecule has 0 aromatic heterocycles. The van der Waals surface area contributed by atoms with Gasteiger partial charge in [-0.3, -0.25) is 0 Å². The zero-order chi connectivity index (χ0) is 11.9. The second kappa shape index (κ2) is 14.2. The average molecular weight is 220 g/mol. The summed E-state index contributed by atoms with van der Waals surface area (Å²) in [7, 11) is 0. The van der Waals surface area contributed by atoms with Crippen LogP contribution in [0.4, 0.5) is 0 Å².